The second kappa shape index (κ2) is 4.38. The van der Waals surface area contributed by atoms with Crippen LogP contribution in [0.5, 0.6) is 0 Å². The predicted octanol–water partition coefficient (Wildman–Crippen LogP) is 2.59. The second-order valence-corrected chi connectivity index (χ2v) is 4.63. The van der Waals surface area contributed by atoms with Gasteiger partial charge in [0, 0.05) is 11.8 Å². The van der Waals surface area contributed by atoms with Gasteiger partial charge in [-0.2, -0.15) is 0 Å². The normalized spacial score (nSPS) is 10.8. The van der Waals surface area contributed by atoms with Crippen molar-refractivity contribution in [3.05, 3.63) is 53.7 Å². The minimum absolute atomic E-state index is 0.137. The highest BCUT2D eigenvalue weighted by molar-refractivity contribution is 5.95. The Morgan fingerprint density at radius 3 is 2.60 bits per heavy atom. The van der Waals surface area contributed by atoms with Gasteiger partial charge in [-0.1, -0.05) is 29.8 Å². The van der Waals surface area contributed by atoms with E-state index in [1.807, 2.05) is 31.2 Å². The molecule has 0 fully saturated rings. The van der Waals surface area contributed by atoms with E-state index >= 15 is 0 Å². The van der Waals surface area contributed by atoms with Gasteiger partial charge in [0.05, 0.1) is 0 Å². The van der Waals surface area contributed by atoms with Crippen molar-refractivity contribution in [2.45, 2.75) is 6.92 Å². The maximum atomic E-state index is 11.2. The molecule has 3 N–H and O–H groups in total. The molecule has 0 saturated heterocycles. The molecule has 5 nitrogen and oxygen atoms in total. The van der Waals surface area contributed by atoms with Gasteiger partial charge in [-0.25, -0.2) is 9.78 Å². The third-order valence-corrected chi connectivity index (χ3v) is 3.24. The van der Waals surface area contributed by atoms with Gasteiger partial charge in [-0.3, -0.25) is 4.40 Å². The van der Waals surface area contributed by atoms with Crippen LogP contribution in [0.4, 0.5) is 5.82 Å². The molecule has 0 aliphatic carbocycles. The average Bonchev–Trinajstić information content (AvgIpc) is 2.77. The van der Waals surface area contributed by atoms with E-state index in [-0.39, 0.29) is 5.56 Å². The number of aromatic carboxylic acids is 1. The lowest BCUT2D eigenvalue weighted by molar-refractivity contribution is 0.0698. The second-order valence-electron chi connectivity index (χ2n) is 4.63. The Labute approximate surface area is 115 Å². The fourth-order valence-electron chi connectivity index (χ4n) is 2.18. The van der Waals surface area contributed by atoms with Gasteiger partial charge in [-0.15, -0.1) is 0 Å². The summed E-state index contributed by atoms with van der Waals surface area (Å²) in [6.07, 6.45) is 1.71. The smallest absolute Gasteiger partial charge is 0.339 e. The molecule has 5 heteroatoms. The summed E-state index contributed by atoms with van der Waals surface area (Å²) < 4.78 is 1.60. The van der Waals surface area contributed by atoms with Gasteiger partial charge >= 0.3 is 5.97 Å². The van der Waals surface area contributed by atoms with E-state index in [1.54, 1.807) is 16.7 Å². The molecule has 0 atom stereocenters. The quantitative estimate of drug-likeness (QED) is 0.747. The molecule has 0 radical (unpaired) electrons. The highest BCUT2D eigenvalue weighted by atomic mass is 16.4. The number of rotatable bonds is 2. The number of benzene rings is 1. The number of aromatic nitrogens is 2. The third-order valence-electron chi connectivity index (χ3n) is 3.24. The standard InChI is InChI=1S/C15H13N3O2/c1-9-4-6-10(7-5-9)12-13(16)18-8-2-3-11(15(19)20)14(18)17-12/h2-8H,16H2,1H3,(H,19,20). The van der Waals surface area contributed by atoms with Crippen molar-refractivity contribution in [2.24, 2.45) is 0 Å². The Hall–Kier alpha value is -2.82. The van der Waals surface area contributed by atoms with Gasteiger partial charge in [0.2, 0.25) is 0 Å². The zero-order valence-electron chi connectivity index (χ0n) is 10.9. The zero-order chi connectivity index (χ0) is 14.3. The van der Waals surface area contributed by atoms with E-state index in [0.29, 0.717) is 17.2 Å². The van der Waals surface area contributed by atoms with Crippen LogP contribution >= 0.6 is 0 Å². The molecule has 0 spiro atoms. The summed E-state index contributed by atoms with van der Waals surface area (Å²) in [5.41, 5.74) is 9.18. The van der Waals surface area contributed by atoms with Gasteiger partial charge in [0.25, 0.3) is 0 Å². The molecule has 0 amide bonds. The van der Waals surface area contributed by atoms with Gasteiger partial charge < -0.3 is 10.8 Å². The minimum atomic E-state index is -1.02. The van der Waals surface area contributed by atoms with Crippen LogP contribution in [-0.2, 0) is 0 Å². The number of pyridine rings is 1. The molecule has 0 unspecified atom stereocenters. The topological polar surface area (TPSA) is 80.6 Å². The number of hydrogen-bond donors (Lipinski definition) is 2. The molecule has 0 aliphatic rings. The van der Waals surface area contributed by atoms with Crippen LogP contribution in [0.25, 0.3) is 16.9 Å². The molecule has 1 aromatic carbocycles. The van der Waals surface area contributed by atoms with Crippen LogP contribution in [0, 0.1) is 6.92 Å². The lowest BCUT2D eigenvalue weighted by Crippen LogP contribution is -2.01. The van der Waals surface area contributed by atoms with Gasteiger partial charge in [0.15, 0.2) is 5.65 Å². The Bertz CT molecular complexity index is 804. The van der Waals surface area contributed by atoms with E-state index in [4.69, 9.17) is 5.73 Å². The van der Waals surface area contributed by atoms with Crippen LogP contribution in [0.2, 0.25) is 0 Å². The number of nitrogens with zero attached hydrogens (tertiary/aromatic N) is 2. The summed E-state index contributed by atoms with van der Waals surface area (Å²) in [5.74, 6) is -0.581. The number of nitrogen functional groups attached to an aromatic ring is 1. The lowest BCUT2D eigenvalue weighted by atomic mass is 10.1. The fraction of sp³-hybridized carbons (Fsp3) is 0.0667. The molecule has 3 aromatic rings. The zero-order valence-corrected chi connectivity index (χ0v) is 10.9. The van der Waals surface area contributed by atoms with Crippen LogP contribution in [0.1, 0.15) is 15.9 Å². The van der Waals surface area contributed by atoms with Crippen molar-refractivity contribution in [3.63, 3.8) is 0 Å². The molecule has 100 valence electrons. The molecule has 20 heavy (non-hydrogen) atoms. The Balaban J connectivity index is 2.28. The molecule has 0 bridgehead atoms. The first-order valence-electron chi connectivity index (χ1n) is 6.15. The Morgan fingerprint density at radius 2 is 1.95 bits per heavy atom. The van der Waals surface area contributed by atoms with Crippen molar-refractivity contribution < 1.29 is 9.90 Å². The van der Waals surface area contributed by atoms with E-state index in [1.165, 1.54) is 6.07 Å². The van der Waals surface area contributed by atoms with E-state index in [0.717, 1.165) is 11.1 Å². The van der Waals surface area contributed by atoms with Crippen LogP contribution < -0.4 is 5.73 Å². The van der Waals surface area contributed by atoms with Crippen LogP contribution in [-0.4, -0.2) is 20.5 Å². The number of carbonyl (C=O) groups is 1. The maximum absolute atomic E-state index is 11.2. The van der Waals surface area contributed by atoms with E-state index in [2.05, 4.69) is 4.98 Å². The fourth-order valence-corrected chi connectivity index (χ4v) is 2.18. The largest absolute Gasteiger partial charge is 0.478 e. The number of anilines is 1. The number of hydrogen-bond acceptors (Lipinski definition) is 3. The number of aryl methyl sites for hydroxylation is 1. The number of carboxylic acid groups (broad SMARTS) is 1. The molecular weight excluding hydrogens is 254 g/mol. The highest BCUT2D eigenvalue weighted by Gasteiger charge is 2.16. The third kappa shape index (κ3) is 1.80. The van der Waals surface area contributed by atoms with Crippen molar-refractivity contribution in [2.75, 3.05) is 5.73 Å². The Morgan fingerprint density at radius 1 is 1.25 bits per heavy atom. The average molecular weight is 267 g/mol. The summed E-state index contributed by atoms with van der Waals surface area (Å²) in [6.45, 7) is 2.00. The number of carboxylic acids is 1. The van der Waals surface area contributed by atoms with Crippen molar-refractivity contribution in [1.82, 2.24) is 9.38 Å². The number of fused-ring (bicyclic) bond motifs is 1. The first-order chi connectivity index (χ1) is 9.58. The van der Waals surface area contributed by atoms with Crippen molar-refractivity contribution in [1.29, 1.82) is 0 Å². The monoisotopic (exact) mass is 267 g/mol. The molecule has 0 aliphatic heterocycles. The summed E-state index contributed by atoms with van der Waals surface area (Å²) in [7, 11) is 0. The molecule has 0 saturated carbocycles. The first-order valence-corrected chi connectivity index (χ1v) is 6.15. The molecule has 2 aromatic heterocycles. The maximum Gasteiger partial charge on any atom is 0.339 e. The number of imidazole rings is 1. The van der Waals surface area contributed by atoms with E-state index in [9.17, 15) is 9.90 Å². The van der Waals surface area contributed by atoms with E-state index < -0.39 is 5.97 Å². The van der Waals surface area contributed by atoms with Gasteiger partial charge in [0.1, 0.15) is 17.1 Å². The summed E-state index contributed by atoms with van der Waals surface area (Å²) in [6, 6.07) is 11.0. The number of nitrogens with two attached hydrogens (primary N) is 1. The SMILES string of the molecule is Cc1ccc(-c2nc3c(C(=O)O)cccn3c2N)cc1. The summed E-state index contributed by atoms with van der Waals surface area (Å²) in [5, 5.41) is 9.20. The van der Waals surface area contributed by atoms with Gasteiger partial charge in [-0.05, 0) is 19.1 Å². The summed E-state index contributed by atoms with van der Waals surface area (Å²) >= 11 is 0. The van der Waals surface area contributed by atoms with Crippen molar-refractivity contribution in [3.8, 4) is 11.3 Å². The molecule has 2 heterocycles. The summed E-state index contributed by atoms with van der Waals surface area (Å²) in [4.78, 5) is 15.6. The van der Waals surface area contributed by atoms with Crippen LogP contribution in [0.15, 0.2) is 42.6 Å². The minimum Gasteiger partial charge on any atom is -0.478 e. The first kappa shape index (κ1) is 12.2. The Kier molecular flexibility index (Phi) is 2.68. The molecule has 3 rings (SSSR count). The lowest BCUT2D eigenvalue weighted by Gasteiger charge is -2.00. The van der Waals surface area contributed by atoms with Crippen molar-refractivity contribution >= 4 is 17.4 Å². The molecular formula is C15H13N3O2. The predicted molar refractivity (Wildman–Crippen MR) is 76.7 cm³/mol. The highest BCUT2D eigenvalue weighted by Crippen LogP contribution is 2.27. The van der Waals surface area contributed by atoms with Crippen LogP contribution in [0.3, 0.4) is 0 Å².